The second kappa shape index (κ2) is 4.28. The van der Waals surface area contributed by atoms with Gasteiger partial charge < -0.3 is 10.2 Å². The molecule has 0 spiro atoms. The van der Waals surface area contributed by atoms with Crippen molar-refractivity contribution in [3.05, 3.63) is 11.1 Å². The van der Waals surface area contributed by atoms with Gasteiger partial charge in [0.25, 0.3) is 0 Å². The Labute approximate surface area is 89.1 Å². The molecule has 0 bridgehead atoms. The number of likely N-dealkylation sites (N-methyl/N-ethyl adjacent to an activating group) is 1. The van der Waals surface area contributed by atoms with Crippen molar-refractivity contribution in [3.63, 3.8) is 0 Å². The summed E-state index contributed by atoms with van der Waals surface area (Å²) in [4.78, 5) is 6.80. The second-order valence-electron chi connectivity index (χ2n) is 4.04. The van der Waals surface area contributed by atoms with Gasteiger partial charge in [0.1, 0.15) is 0 Å². The molecule has 1 aromatic heterocycles. The maximum Gasteiger partial charge on any atom is 0.183 e. The first-order valence-electron chi connectivity index (χ1n) is 5.11. The normalized spacial score (nSPS) is 23.7. The minimum Gasteiger partial charge on any atom is -0.357 e. The summed E-state index contributed by atoms with van der Waals surface area (Å²) in [6.07, 6.45) is 2.56. The number of hydrogen-bond acceptors (Lipinski definition) is 4. The summed E-state index contributed by atoms with van der Waals surface area (Å²) in [5.74, 6) is 0. The van der Waals surface area contributed by atoms with Crippen molar-refractivity contribution in [1.29, 1.82) is 0 Å². The van der Waals surface area contributed by atoms with Gasteiger partial charge in [-0.1, -0.05) is 0 Å². The van der Waals surface area contributed by atoms with Crippen molar-refractivity contribution in [2.75, 3.05) is 25.5 Å². The molecule has 1 atom stereocenters. The van der Waals surface area contributed by atoms with E-state index in [0.717, 1.165) is 17.4 Å². The molecule has 1 aromatic rings. The SMILES string of the molecule is Cc1csc(NC2CCCN(C)C2)n1. The van der Waals surface area contributed by atoms with Gasteiger partial charge in [-0.3, -0.25) is 0 Å². The van der Waals surface area contributed by atoms with Crippen molar-refractivity contribution in [1.82, 2.24) is 9.88 Å². The van der Waals surface area contributed by atoms with Gasteiger partial charge in [-0.15, -0.1) is 11.3 Å². The van der Waals surface area contributed by atoms with Crippen molar-refractivity contribution in [3.8, 4) is 0 Å². The lowest BCUT2D eigenvalue weighted by Crippen LogP contribution is -2.39. The zero-order valence-electron chi connectivity index (χ0n) is 8.79. The van der Waals surface area contributed by atoms with E-state index in [9.17, 15) is 0 Å². The number of nitrogens with one attached hydrogen (secondary N) is 1. The number of thiazole rings is 1. The topological polar surface area (TPSA) is 28.2 Å². The number of aromatic nitrogens is 1. The van der Waals surface area contributed by atoms with Gasteiger partial charge in [-0.05, 0) is 33.4 Å². The summed E-state index contributed by atoms with van der Waals surface area (Å²) in [5, 5.41) is 6.66. The fraction of sp³-hybridized carbons (Fsp3) is 0.700. The summed E-state index contributed by atoms with van der Waals surface area (Å²) in [6.45, 7) is 4.41. The molecule has 1 aliphatic heterocycles. The molecule has 0 aromatic carbocycles. The van der Waals surface area contributed by atoms with Crippen LogP contribution < -0.4 is 5.32 Å². The van der Waals surface area contributed by atoms with Crippen molar-refractivity contribution < 1.29 is 0 Å². The molecule has 0 aliphatic carbocycles. The number of likely N-dealkylation sites (tertiary alicyclic amines) is 1. The Bertz CT molecular complexity index is 297. The van der Waals surface area contributed by atoms with Crippen LogP contribution in [-0.2, 0) is 0 Å². The molecule has 0 amide bonds. The zero-order chi connectivity index (χ0) is 9.97. The van der Waals surface area contributed by atoms with Crippen LogP contribution in [0.2, 0.25) is 0 Å². The highest BCUT2D eigenvalue weighted by Gasteiger charge is 2.17. The van der Waals surface area contributed by atoms with Crippen LogP contribution in [0.1, 0.15) is 18.5 Å². The first-order valence-corrected chi connectivity index (χ1v) is 5.99. The third kappa shape index (κ3) is 2.45. The summed E-state index contributed by atoms with van der Waals surface area (Å²) in [7, 11) is 2.18. The average molecular weight is 211 g/mol. The highest BCUT2D eigenvalue weighted by Crippen LogP contribution is 2.18. The smallest absolute Gasteiger partial charge is 0.183 e. The molecule has 0 radical (unpaired) electrons. The highest BCUT2D eigenvalue weighted by atomic mass is 32.1. The predicted octanol–water partition coefficient (Wildman–Crippen LogP) is 1.96. The minimum absolute atomic E-state index is 0.583. The molecule has 1 aliphatic rings. The van der Waals surface area contributed by atoms with Gasteiger partial charge in [0.05, 0.1) is 5.69 Å². The van der Waals surface area contributed by atoms with Gasteiger partial charge in [0.2, 0.25) is 0 Å². The minimum atomic E-state index is 0.583. The van der Waals surface area contributed by atoms with Crippen LogP contribution in [0, 0.1) is 6.92 Å². The molecule has 0 saturated carbocycles. The lowest BCUT2D eigenvalue weighted by molar-refractivity contribution is 0.261. The molecule has 4 heteroatoms. The molecular formula is C10H17N3S. The van der Waals surface area contributed by atoms with Gasteiger partial charge in [0, 0.05) is 18.0 Å². The zero-order valence-corrected chi connectivity index (χ0v) is 9.60. The Morgan fingerprint density at radius 2 is 2.50 bits per heavy atom. The molecule has 1 N–H and O–H groups in total. The fourth-order valence-electron chi connectivity index (χ4n) is 1.88. The molecule has 1 saturated heterocycles. The monoisotopic (exact) mass is 211 g/mol. The Morgan fingerprint density at radius 1 is 1.64 bits per heavy atom. The van der Waals surface area contributed by atoms with Crippen molar-refractivity contribution >= 4 is 16.5 Å². The van der Waals surface area contributed by atoms with E-state index in [4.69, 9.17) is 0 Å². The number of anilines is 1. The van der Waals surface area contributed by atoms with Crippen LogP contribution in [0.5, 0.6) is 0 Å². The third-order valence-corrected chi connectivity index (χ3v) is 3.46. The maximum atomic E-state index is 4.42. The Hall–Kier alpha value is -0.610. The van der Waals surface area contributed by atoms with Crippen LogP contribution in [0.4, 0.5) is 5.13 Å². The van der Waals surface area contributed by atoms with Crippen LogP contribution in [0.15, 0.2) is 5.38 Å². The van der Waals surface area contributed by atoms with Crippen LogP contribution in [-0.4, -0.2) is 36.1 Å². The summed E-state index contributed by atoms with van der Waals surface area (Å²) in [5.41, 5.74) is 1.11. The summed E-state index contributed by atoms with van der Waals surface area (Å²) in [6, 6.07) is 0.583. The third-order valence-electron chi connectivity index (χ3n) is 2.57. The molecule has 78 valence electrons. The van der Waals surface area contributed by atoms with E-state index in [1.165, 1.54) is 19.4 Å². The van der Waals surface area contributed by atoms with E-state index in [1.807, 2.05) is 6.92 Å². The first kappa shape index (κ1) is 9.93. The number of rotatable bonds is 2. The van der Waals surface area contributed by atoms with Gasteiger partial charge >= 0.3 is 0 Å². The van der Waals surface area contributed by atoms with Gasteiger partial charge in [-0.25, -0.2) is 4.98 Å². The molecule has 14 heavy (non-hydrogen) atoms. The number of piperidine rings is 1. The predicted molar refractivity (Wildman–Crippen MR) is 61.0 cm³/mol. The molecule has 1 fully saturated rings. The van der Waals surface area contributed by atoms with Crippen LogP contribution in [0.25, 0.3) is 0 Å². The van der Waals surface area contributed by atoms with Crippen LogP contribution in [0.3, 0.4) is 0 Å². The summed E-state index contributed by atoms with van der Waals surface area (Å²) < 4.78 is 0. The molecule has 2 rings (SSSR count). The van der Waals surface area contributed by atoms with Crippen molar-refractivity contribution in [2.45, 2.75) is 25.8 Å². The van der Waals surface area contributed by atoms with E-state index in [2.05, 4.69) is 27.6 Å². The molecule has 2 heterocycles. The van der Waals surface area contributed by atoms with E-state index < -0.39 is 0 Å². The number of nitrogens with zero attached hydrogens (tertiary/aromatic N) is 2. The van der Waals surface area contributed by atoms with Gasteiger partial charge in [-0.2, -0.15) is 0 Å². The maximum absolute atomic E-state index is 4.42. The Morgan fingerprint density at radius 3 is 3.14 bits per heavy atom. The van der Waals surface area contributed by atoms with Gasteiger partial charge in [0.15, 0.2) is 5.13 Å². The van der Waals surface area contributed by atoms with Crippen molar-refractivity contribution in [2.24, 2.45) is 0 Å². The largest absolute Gasteiger partial charge is 0.357 e. The Balaban J connectivity index is 1.90. The average Bonchev–Trinajstić information content (AvgIpc) is 2.51. The lowest BCUT2D eigenvalue weighted by Gasteiger charge is -2.29. The fourth-order valence-corrected chi connectivity index (χ4v) is 2.65. The number of aryl methyl sites for hydroxylation is 1. The summed E-state index contributed by atoms with van der Waals surface area (Å²) >= 11 is 1.70. The van der Waals surface area contributed by atoms with E-state index in [0.29, 0.717) is 6.04 Å². The molecule has 1 unspecified atom stereocenters. The first-order chi connectivity index (χ1) is 6.74. The molecular weight excluding hydrogens is 194 g/mol. The van der Waals surface area contributed by atoms with E-state index in [-0.39, 0.29) is 0 Å². The standard InChI is InChI=1S/C10H17N3S/c1-8-7-14-10(11-8)12-9-4-3-5-13(2)6-9/h7,9H,3-6H2,1-2H3,(H,11,12). The van der Waals surface area contributed by atoms with E-state index in [1.54, 1.807) is 11.3 Å². The second-order valence-corrected chi connectivity index (χ2v) is 4.90. The highest BCUT2D eigenvalue weighted by molar-refractivity contribution is 7.13. The molecule has 3 nitrogen and oxygen atoms in total. The Kier molecular flexibility index (Phi) is 3.03. The lowest BCUT2D eigenvalue weighted by atomic mass is 10.1. The van der Waals surface area contributed by atoms with E-state index >= 15 is 0 Å². The quantitative estimate of drug-likeness (QED) is 0.810. The van der Waals surface area contributed by atoms with Crippen LogP contribution >= 0.6 is 11.3 Å². The number of hydrogen-bond donors (Lipinski definition) is 1.